The molecule has 2 atom stereocenters. The monoisotopic (exact) mass is 204 g/mol. The summed E-state index contributed by atoms with van der Waals surface area (Å²) >= 11 is 1.58. The highest BCUT2D eigenvalue weighted by Crippen LogP contribution is 1.98. The van der Waals surface area contributed by atoms with Crippen molar-refractivity contribution in [3.8, 4) is 0 Å². The van der Waals surface area contributed by atoms with Crippen molar-refractivity contribution in [2.24, 2.45) is 5.73 Å². The van der Waals surface area contributed by atoms with Crippen LogP contribution >= 0.6 is 11.8 Å². The average Bonchev–Trinajstić information content (AvgIpc) is 2.22. The van der Waals surface area contributed by atoms with Gasteiger partial charge in [-0.2, -0.15) is 11.8 Å². The predicted molar refractivity (Wildman–Crippen MR) is 54.3 cm³/mol. The minimum atomic E-state index is -0.858. The molecule has 0 rings (SSSR count). The molecule has 1 amide bonds. The molecule has 0 spiro atoms. The first kappa shape index (κ1) is 10.5. The lowest BCUT2D eigenvalue weighted by molar-refractivity contribution is -0.122. The fraction of sp³-hybridized carbons (Fsp3) is 0.750. The van der Waals surface area contributed by atoms with E-state index in [0.29, 0.717) is 11.7 Å². The second kappa shape index (κ2) is 6.91. The van der Waals surface area contributed by atoms with E-state index in [4.69, 9.17) is 7.15 Å². The van der Waals surface area contributed by atoms with Gasteiger partial charge in [-0.1, -0.05) is 0 Å². The number of carbonyl (C=O) groups excluding carboxylic acids is 2. The van der Waals surface area contributed by atoms with Crippen molar-refractivity contribution in [3.05, 3.63) is 0 Å². The van der Waals surface area contributed by atoms with E-state index in [1.54, 1.807) is 18.0 Å². The summed E-state index contributed by atoms with van der Waals surface area (Å²) in [6, 6.07) is -1.56. The second-order valence-corrected chi connectivity index (χ2v) is 3.63. The highest BCUT2D eigenvalue weighted by molar-refractivity contribution is 7.98. The summed E-state index contributed by atoms with van der Waals surface area (Å²) in [6.07, 6.45) is 3.99. The summed E-state index contributed by atoms with van der Waals surface area (Å²) in [5.41, 5.74) is 5.54. The number of rotatable bonds is 6. The van der Waals surface area contributed by atoms with Gasteiger partial charge in [0.15, 0.2) is 1.41 Å². The van der Waals surface area contributed by atoms with Gasteiger partial charge < -0.3 is 11.0 Å². The molecule has 5 heteroatoms. The van der Waals surface area contributed by atoms with Crippen LogP contribution in [-0.2, 0) is 9.59 Å². The third kappa shape index (κ3) is 5.65. The van der Waals surface area contributed by atoms with Gasteiger partial charge in [0.05, 0.1) is 12.1 Å². The number of hydrogen-bond acceptors (Lipinski definition) is 4. The summed E-state index contributed by atoms with van der Waals surface area (Å²) in [6.45, 7) is 1.43. The quantitative estimate of drug-likeness (QED) is 0.622. The van der Waals surface area contributed by atoms with Gasteiger partial charge in [0.2, 0.25) is 12.2 Å². The fourth-order valence-electron chi connectivity index (χ4n) is 0.681. The Morgan fingerprint density at radius 1 is 1.85 bits per heavy atom. The van der Waals surface area contributed by atoms with Gasteiger partial charge in [0, 0.05) is 0 Å². The number of amides is 1. The third-order valence-electron chi connectivity index (χ3n) is 1.44. The van der Waals surface area contributed by atoms with Gasteiger partial charge in [-0.3, -0.25) is 9.59 Å². The molecule has 0 bridgehead atoms. The molecule has 0 saturated carbocycles. The van der Waals surface area contributed by atoms with Crippen LogP contribution in [0.25, 0.3) is 0 Å². The summed E-state index contributed by atoms with van der Waals surface area (Å²) in [7, 11) is 0. The van der Waals surface area contributed by atoms with Crippen LogP contribution in [0.3, 0.4) is 0 Å². The Labute approximate surface area is 84.1 Å². The molecular weight excluding hydrogens is 188 g/mol. The molecule has 0 aromatic heterocycles. The third-order valence-corrected chi connectivity index (χ3v) is 2.09. The molecule has 0 aliphatic heterocycles. The number of carbonyl (C=O) groups is 1. The first-order chi connectivity index (χ1) is 6.54. The largest absolute Gasteiger partial charge is 0.345 e. The molecule has 3 N–H and O–H groups in total. The Balaban J connectivity index is 4.09. The summed E-state index contributed by atoms with van der Waals surface area (Å²) < 4.78 is 7.28. The van der Waals surface area contributed by atoms with Crippen molar-refractivity contribution in [2.45, 2.75) is 25.4 Å². The molecule has 0 unspecified atom stereocenters. The van der Waals surface area contributed by atoms with Crippen molar-refractivity contribution in [3.63, 3.8) is 0 Å². The van der Waals surface area contributed by atoms with Gasteiger partial charge >= 0.3 is 0 Å². The molecule has 0 fully saturated rings. The normalized spacial score (nSPS) is 15.8. The lowest BCUT2D eigenvalue weighted by Gasteiger charge is -2.12. The summed E-state index contributed by atoms with van der Waals surface area (Å²) in [5.74, 6) is 0.231. The van der Waals surface area contributed by atoms with Crippen molar-refractivity contribution >= 4 is 24.0 Å². The number of nitrogens with two attached hydrogens (primary N) is 1. The Morgan fingerprint density at radius 3 is 2.92 bits per heavy atom. The Morgan fingerprint density at radius 2 is 2.46 bits per heavy atom. The van der Waals surface area contributed by atoms with Crippen molar-refractivity contribution in [2.75, 3.05) is 12.0 Å². The lowest BCUT2D eigenvalue weighted by Crippen LogP contribution is -2.45. The molecule has 0 aliphatic rings. The van der Waals surface area contributed by atoms with Crippen LogP contribution in [0.2, 0.25) is 1.41 Å². The summed E-state index contributed by atoms with van der Waals surface area (Å²) in [5, 5.41) is 0.581. The minimum absolute atomic E-state index is 0.515. The SMILES string of the molecule is [2H]N(C(=O)[C@@H](N)CCSC)[C@@H](C)[C]=O. The molecule has 13 heavy (non-hydrogen) atoms. The van der Waals surface area contributed by atoms with E-state index in [9.17, 15) is 9.59 Å². The number of hydrogen-bond donors (Lipinski definition) is 2. The van der Waals surface area contributed by atoms with Crippen molar-refractivity contribution in [1.82, 2.24) is 5.31 Å². The van der Waals surface area contributed by atoms with E-state index in [2.05, 4.69) is 0 Å². The molecule has 0 heterocycles. The topological polar surface area (TPSA) is 72.2 Å². The zero-order chi connectivity index (χ0) is 11.1. The number of nitrogens with one attached hydrogen (secondary N) is 1. The first-order valence-electron chi connectivity index (χ1n) is 4.43. The van der Waals surface area contributed by atoms with Gasteiger partial charge in [-0.15, -0.1) is 0 Å². The van der Waals surface area contributed by atoms with Crippen molar-refractivity contribution < 1.29 is 11.0 Å². The highest BCUT2D eigenvalue weighted by atomic mass is 32.2. The smallest absolute Gasteiger partial charge is 0.237 e. The van der Waals surface area contributed by atoms with Crippen LogP contribution in [0, 0.1) is 0 Å². The van der Waals surface area contributed by atoms with Crippen LogP contribution in [0.5, 0.6) is 0 Å². The molecular formula is C8H15N2O2S. The molecule has 4 nitrogen and oxygen atoms in total. The van der Waals surface area contributed by atoms with E-state index < -0.39 is 18.0 Å². The molecule has 0 saturated heterocycles. The van der Waals surface area contributed by atoms with Gasteiger partial charge in [0.1, 0.15) is 0 Å². The zero-order valence-corrected chi connectivity index (χ0v) is 8.63. The minimum Gasteiger partial charge on any atom is -0.345 e. The van der Waals surface area contributed by atoms with E-state index in [0.717, 1.165) is 5.75 Å². The molecule has 0 aliphatic carbocycles. The highest BCUT2D eigenvalue weighted by Gasteiger charge is 2.14. The fourth-order valence-corrected chi connectivity index (χ4v) is 1.17. The van der Waals surface area contributed by atoms with Gasteiger partial charge in [-0.05, 0) is 25.4 Å². The lowest BCUT2D eigenvalue weighted by atomic mass is 10.2. The zero-order valence-electron chi connectivity index (χ0n) is 8.82. The maximum Gasteiger partial charge on any atom is 0.237 e. The van der Waals surface area contributed by atoms with Crippen LogP contribution in [0.1, 0.15) is 13.3 Å². The van der Waals surface area contributed by atoms with Crippen LogP contribution in [0.15, 0.2) is 0 Å². The summed E-state index contributed by atoms with van der Waals surface area (Å²) in [4.78, 5) is 21.6. The first-order valence-corrected chi connectivity index (χ1v) is 5.38. The molecule has 75 valence electrons. The van der Waals surface area contributed by atoms with Crippen LogP contribution in [-0.4, -0.2) is 36.3 Å². The Bertz CT molecular complexity index is 204. The van der Waals surface area contributed by atoms with E-state index in [1.807, 2.05) is 6.26 Å². The predicted octanol–water partition coefficient (Wildman–Crippen LogP) is -0.319. The second-order valence-electron chi connectivity index (χ2n) is 2.65. The molecule has 1 radical (unpaired) electrons. The van der Waals surface area contributed by atoms with Crippen molar-refractivity contribution in [1.29, 1.82) is 0 Å². The van der Waals surface area contributed by atoms with Gasteiger partial charge in [-0.25, -0.2) is 0 Å². The number of thioether (sulfide) groups is 1. The molecule has 0 aromatic carbocycles. The maximum atomic E-state index is 11.4. The van der Waals surface area contributed by atoms with Gasteiger partial charge in [0.25, 0.3) is 0 Å². The van der Waals surface area contributed by atoms with Crippen LogP contribution < -0.4 is 11.0 Å². The maximum absolute atomic E-state index is 11.4. The molecule has 0 aromatic rings. The average molecular weight is 204 g/mol. The van der Waals surface area contributed by atoms with Crippen LogP contribution in [0.4, 0.5) is 0 Å². The standard InChI is InChI=1S/C8H15N2O2S/c1-6(5-11)10-8(12)7(9)3-4-13-2/h6-7H,3-4,9H2,1-2H3,(H,10,12)/t6-,7-/m0/s1/i/hD. The van der Waals surface area contributed by atoms with E-state index in [-0.39, 0.29) is 0 Å². The van der Waals surface area contributed by atoms with E-state index in [1.165, 1.54) is 6.92 Å². The van der Waals surface area contributed by atoms with E-state index >= 15 is 0 Å². The Hall–Kier alpha value is -0.550. The Kier molecular flexibility index (Phi) is 5.60.